The number of benzene rings is 2. The van der Waals surface area contributed by atoms with Gasteiger partial charge < -0.3 is 9.84 Å². The number of carbonyl (C=O) groups is 1. The average molecular weight is 401 g/mol. The molecule has 0 bridgehead atoms. The lowest BCUT2D eigenvalue weighted by Gasteiger charge is -2.12. The number of para-hydroxylation sites is 1. The van der Waals surface area contributed by atoms with Crippen LogP contribution in [0.1, 0.15) is 21.6 Å². The fourth-order valence-electron chi connectivity index (χ4n) is 2.68. The fourth-order valence-corrected chi connectivity index (χ4v) is 3.79. The molecule has 2 aromatic carbocycles. The Kier molecular flexibility index (Phi) is 5.98. The number of ether oxygens (including phenoxy) is 1. The van der Waals surface area contributed by atoms with Crippen molar-refractivity contribution in [2.45, 2.75) is 17.8 Å². The maximum atomic E-state index is 11.8. The first-order chi connectivity index (χ1) is 13.0. The fraction of sp³-hybridized carbons (Fsp3) is 0.150. The number of aromatic nitrogens is 2. The molecule has 0 aliphatic carbocycles. The van der Waals surface area contributed by atoms with Crippen LogP contribution in [-0.4, -0.2) is 28.2 Å². The number of carboxylic acid groups (broad SMARTS) is 1. The van der Waals surface area contributed by atoms with E-state index in [9.17, 15) is 9.90 Å². The van der Waals surface area contributed by atoms with Crippen molar-refractivity contribution in [2.75, 3.05) is 7.11 Å². The summed E-state index contributed by atoms with van der Waals surface area (Å²) < 4.78 is 5.37. The van der Waals surface area contributed by atoms with E-state index in [1.807, 2.05) is 24.3 Å². The number of nitrogens with zero attached hydrogens (tertiary/aromatic N) is 2. The highest BCUT2D eigenvalue weighted by molar-refractivity contribution is 7.98. The molecule has 0 saturated carbocycles. The van der Waals surface area contributed by atoms with E-state index in [0.29, 0.717) is 32.9 Å². The number of aromatic carboxylic acids is 1. The Morgan fingerprint density at radius 1 is 1.15 bits per heavy atom. The number of hydrogen-bond acceptors (Lipinski definition) is 5. The van der Waals surface area contributed by atoms with Crippen LogP contribution in [0.4, 0.5) is 0 Å². The van der Waals surface area contributed by atoms with Crippen molar-refractivity contribution in [3.8, 4) is 17.0 Å². The van der Waals surface area contributed by atoms with Crippen LogP contribution in [0.5, 0.6) is 5.75 Å². The molecule has 7 heteroatoms. The van der Waals surface area contributed by atoms with Gasteiger partial charge in [-0.3, -0.25) is 0 Å². The van der Waals surface area contributed by atoms with Crippen LogP contribution in [-0.2, 0) is 5.75 Å². The van der Waals surface area contributed by atoms with Crippen LogP contribution in [0, 0.1) is 6.92 Å². The Balaban J connectivity index is 2.00. The number of methoxy groups -OCH3 is 1. The summed E-state index contributed by atoms with van der Waals surface area (Å²) in [5.41, 5.74) is 2.36. The highest BCUT2D eigenvalue weighted by Gasteiger charge is 2.21. The molecule has 0 radical (unpaired) electrons. The van der Waals surface area contributed by atoms with Gasteiger partial charge in [-0.2, -0.15) is 0 Å². The molecular weight excluding hydrogens is 384 g/mol. The first-order valence-corrected chi connectivity index (χ1v) is 9.49. The van der Waals surface area contributed by atoms with Crippen LogP contribution in [0.25, 0.3) is 11.3 Å². The van der Waals surface area contributed by atoms with Crippen LogP contribution < -0.4 is 4.74 Å². The number of carboxylic acids is 1. The van der Waals surface area contributed by atoms with Gasteiger partial charge in [-0.1, -0.05) is 59.8 Å². The van der Waals surface area contributed by atoms with Crippen LogP contribution >= 0.6 is 23.4 Å². The summed E-state index contributed by atoms with van der Waals surface area (Å²) in [6.45, 7) is 1.67. The molecule has 27 heavy (non-hydrogen) atoms. The molecule has 138 valence electrons. The number of aryl methyl sites for hydroxylation is 1. The van der Waals surface area contributed by atoms with Crippen molar-refractivity contribution in [1.29, 1.82) is 0 Å². The zero-order chi connectivity index (χ0) is 19.4. The lowest BCUT2D eigenvalue weighted by Crippen LogP contribution is -2.08. The minimum Gasteiger partial charge on any atom is -0.496 e. The Hall–Kier alpha value is -2.57. The molecule has 0 fully saturated rings. The van der Waals surface area contributed by atoms with Crippen LogP contribution in [0.15, 0.2) is 53.7 Å². The van der Waals surface area contributed by atoms with Crippen molar-refractivity contribution in [1.82, 2.24) is 9.97 Å². The molecule has 1 N–H and O–H groups in total. The number of halogens is 1. The molecular formula is C20H17ClN2O3S. The van der Waals surface area contributed by atoms with E-state index in [-0.39, 0.29) is 5.56 Å². The largest absolute Gasteiger partial charge is 0.496 e. The van der Waals surface area contributed by atoms with Crippen molar-refractivity contribution >= 4 is 29.3 Å². The zero-order valence-corrected chi connectivity index (χ0v) is 16.3. The summed E-state index contributed by atoms with van der Waals surface area (Å²) in [5.74, 6) is 0.302. The van der Waals surface area contributed by atoms with E-state index in [1.165, 1.54) is 11.8 Å². The van der Waals surface area contributed by atoms with Crippen molar-refractivity contribution in [3.05, 3.63) is 70.4 Å². The van der Waals surface area contributed by atoms with Crippen LogP contribution in [0.3, 0.4) is 0 Å². The van der Waals surface area contributed by atoms with Gasteiger partial charge in [0.1, 0.15) is 11.3 Å². The molecule has 3 rings (SSSR count). The quantitative estimate of drug-likeness (QED) is 0.458. The Morgan fingerprint density at radius 2 is 1.85 bits per heavy atom. The van der Waals surface area contributed by atoms with E-state index in [2.05, 4.69) is 9.97 Å². The maximum Gasteiger partial charge on any atom is 0.339 e. The normalized spacial score (nSPS) is 10.6. The summed E-state index contributed by atoms with van der Waals surface area (Å²) >= 11 is 7.69. The van der Waals surface area contributed by atoms with Gasteiger partial charge in [-0.25, -0.2) is 14.8 Å². The monoisotopic (exact) mass is 400 g/mol. The summed E-state index contributed by atoms with van der Waals surface area (Å²) in [6, 6.07) is 14.8. The Morgan fingerprint density at radius 3 is 2.56 bits per heavy atom. The van der Waals surface area contributed by atoms with E-state index >= 15 is 0 Å². The molecule has 1 heterocycles. The number of hydrogen-bond donors (Lipinski definition) is 1. The maximum absolute atomic E-state index is 11.8. The van der Waals surface area contributed by atoms with Gasteiger partial charge >= 0.3 is 5.97 Å². The summed E-state index contributed by atoms with van der Waals surface area (Å²) in [6.07, 6.45) is 0. The van der Waals surface area contributed by atoms with E-state index < -0.39 is 5.97 Å². The first kappa shape index (κ1) is 19.2. The van der Waals surface area contributed by atoms with Gasteiger partial charge in [-0.15, -0.1) is 0 Å². The third kappa shape index (κ3) is 4.23. The molecule has 0 aliphatic heterocycles. The minimum absolute atomic E-state index is 0.0599. The number of thioether (sulfide) groups is 1. The third-order valence-electron chi connectivity index (χ3n) is 3.96. The van der Waals surface area contributed by atoms with Gasteiger partial charge in [-0.05, 0) is 19.1 Å². The van der Waals surface area contributed by atoms with Gasteiger partial charge in [0.05, 0.1) is 18.5 Å². The standard InChI is InChI=1S/C20H17ClN2O3S/c1-12-17(19(24)25)18(14-8-4-5-9-15(14)21)23-20(22-12)27-11-13-7-3-6-10-16(13)26-2/h3-10H,11H2,1-2H3,(H,24,25). The summed E-state index contributed by atoms with van der Waals surface area (Å²) in [7, 11) is 1.63. The zero-order valence-electron chi connectivity index (χ0n) is 14.8. The minimum atomic E-state index is -1.08. The first-order valence-electron chi connectivity index (χ1n) is 8.12. The van der Waals surface area contributed by atoms with E-state index in [1.54, 1.807) is 38.3 Å². The van der Waals surface area contributed by atoms with Gasteiger partial charge in [0.15, 0.2) is 5.16 Å². The number of rotatable bonds is 6. The summed E-state index contributed by atoms with van der Waals surface area (Å²) in [5, 5.41) is 10.5. The second kappa shape index (κ2) is 8.41. The topological polar surface area (TPSA) is 72.3 Å². The highest BCUT2D eigenvalue weighted by Crippen LogP contribution is 2.33. The Bertz CT molecular complexity index is 995. The molecule has 5 nitrogen and oxygen atoms in total. The van der Waals surface area contributed by atoms with Crippen molar-refractivity contribution < 1.29 is 14.6 Å². The second-order valence-corrected chi connectivity index (χ2v) is 7.05. The molecule has 0 amide bonds. The molecule has 3 aromatic rings. The van der Waals surface area contributed by atoms with Crippen molar-refractivity contribution in [3.63, 3.8) is 0 Å². The van der Waals surface area contributed by atoms with Crippen LogP contribution in [0.2, 0.25) is 5.02 Å². The third-order valence-corrected chi connectivity index (χ3v) is 5.19. The lowest BCUT2D eigenvalue weighted by molar-refractivity contribution is 0.0695. The Labute approximate surface area is 166 Å². The smallest absolute Gasteiger partial charge is 0.339 e. The predicted octanol–water partition coefficient (Wildman–Crippen LogP) is 5.10. The predicted molar refractivity (Wildman–Crippen MR) is 107 cm³/mol. The average Bonchev–Trinajstić information content (AvgIpc) is 2.66. The molecule has 1 aromatic heterocycles. The van der Waals surface area contributed by atoms with E-state index in [0.717, 1.165) is 11.3 Å². The summed E-state index contributed by atoms with van der Waals surface area (Å²) in [4.78, 5) is 20.6. The molecule has 0 saturated heterocycles. The lowest BCUT2D eigenvalue weighted by atomic mass is 10.0. The van der Waals surface area contributed by atoms with Crippen molar-refractivity contribution in [2.24, 2.45) is 0 Å². The van der Waals surface area contributed by atoms with Gasteiger partial charge in [0.2, 0.25) is 0 Å². The molecule has 0 spiro atoms. The van der Waals surface area contributed by atoms with E-state index in [4.69, 9.17) is 16.3 Å². The SMILES string of the molecule is COc1ccccc1CSc1nc(C)c(C(=O)O)c(-c2ccccc2Cl)n1. The highest BCUT2D eigenvalue weighted by atomic mass is 35.5. The van der Waals surface area contributed by atoms with Gasteiger partial charge in [0.25, 0.3) is 0 Å². The molecule has 0 aliphatic rings. The molecule has 0 atom stereocenters. The second-order valence-electron chi connectivity index (χ2n) is 5.70. The van der Waals surface area contributed by atoms with Gasteiger partial charge in [0, 0.05) is 21.9 Å². The molecule has 0 unspecified atom stereocenters.